The molecular weight excluding hydrogens is 335 g/mol. The molecule has 0 bridgehead atoms. The summed E-state index contributed by atoms with van der Waals surface area (Å²) >= 11 is 1.24. The van der Waals surface area contributed by atoms with Crippen LogP contribution >= 0.6 is 11.3 Å². The van der Waals surface area contributed by atoms with Gasteiger partial charge in [-0.1, -0.05) is 0 Å². The lowest BCUT2D eigenvalue weighted by Crippen LogP contribution is -2.45. The van der Waals surface area contributed by atoms with E-state index >= 15 is 0 Å². The van der Waals surface area contributed by atoms with Crippen LogP contribution in [0.5, 0.6) is 0 Å². The van der Waals surface area contributed by atoms with Crippen molar-refractivity contribution in [2.45, 2.75) is 57.7 Å². The van der Waals surface area contributed by atoms with E-state index in [-0.39, 0.29) is 12.3 Å². The van der Waals surface area contributed by atoms with Crippen molar-refractivity contribution in [3.8, 4) is 0 Å². The van der Waals surface area contributed by atoms with Crippen LogP contribution in [-0.4, -0.2) is 48.1 Å². The Kier molecular flexibility index (Phi) is 4.29. The van der Waals surface area contributed by atoms with Gasteiger partial charge in [-0.2, -0.15) is 0 Å². The van der Waals surface area contributed by atoms with Gasteiger partial charge in [-0.05, 0) is 51.0 Å². The molecule has 0 aliphatic carbocycles. The first-order valence-electron chi connectivity index (χ1n) is 8.12. The lowest BCUT2D eigenvalue weighted by atomic mass is 9.81. The predicted molar refractivity (Wildman–Crippen MR) is 90.1 cm³/mol. The molecule has 0 aromatic carbocycles. The molecule has 0 saturated carbocycles. The Balaban J connectivity index is 1.73. The Hall–Kier alpha value is -0.985. The Morgan fingerprint density at radius 1 is 1.25 bits per heavy atom. The number of nitrogens with zero attached hydrogens (tertiary/aromatic N) is 1. The molecule has 4 nitrogen and oxygen atoms in total. The van der Waals surface area contributed by atoms with Crippen LogP contribution in [0.3, 0.4) is 0 Å². The van der Waals surface area contributed by atoms with Gasteiger partial charge in [-0.25, -0.2) is 8.78 Å². The van der Waals surface area contributed by atoms with Crippen molar-refractivity contribution < 1.29 is 22.9 Å². The quantitative estimate of drug-likeness (QED) is 0.764. The molecule has 2 saturated heterocycles. The first-order valence-corrected chi connectivity index (χ1v) is 9.00. The van der Waals surface area contributed by atoms with Crippen LogP contribution in [0.25, 0.3) is 0 Å². The van der Waals surface area contributed by atoms with Gasteiger partial charge in [0.25, 0.3) is 11.8 Å². The molecule has 0 radical (unpaired) electrons. The van der Waals surface area contributed by atoms with Gasteiger partial charge in [0.05, 0.1) is 22.6 Å². The minimum Gasteiger partial charge on any atom is -0.399 e. The van der Waals surface area contributed by atoms with Crippen molar-refractivity contribution in [2.24, 2.45) is 0 Å². The monoisotopic (exact) mass is 357 g/mol. The van der Waals surface area contributed by atoms with Gasteiger partial charge in [-0.15, -0.1) is 11.3 Å². The van der Waals surface area contributed by atoms with E-state index in [9.17, 15) is 13.6 Å². The highest BCUT2D eigenvalue weighted by molar-refractivity contribution is 7.13. The smallest absolute Gasteiger partial charge is 0.399 e. The number of likely N-dealkylation sites (tertiary alicyclic amines) is 1. The third kappa shape index (κ3) is 3.23. The molecular formula is C16H22BF2NO3S. The molecule has 2 fully saturated rings. The van der Waals surface area contributed by atoms with Gasteiger partial charge < -0.3 is 14.2 Å². The maximum atomic E-state index is 13.5. The SMILES string of the molecule is CC1(C)OB(c2csc(C(=O)N3CCCC(F)(F)C3)c2)OC1(C)C. The number of amides is 1. The summed E-state index contributed by atoms with van der Waals surface area (Å²) in [6, 6.07) is 1.70. The maximum Gasteiger partial charge on any atom is 0.495 e. The normalized spacial score (nSPS) is 25.1. The highest BCUT2D eigenvalue weighted by atomic mass is 32.1. The molecule has 24 heavy (non-hydrogen) atoms. The molecule has 8 heteroatoms. The van der Waals surface area contributed by atoms with E-state index in [1.807, 2.05) is 27.7 Å². The maximum absolute atomic E-state index is 13.5. The van der Waals surface area contributed by atoms with Crippen LogP contribution in [0.2, 0.25) is 0 Å². The summed E-state index contributed by atoms with van der Waals surface area (Å²) in [5.74, 6) is -3.14. The molecule has 2 aliphatic rings. The molecule has 3 heterocycles. The fourth-order valence-corrected chi connectivity index (χ4v) is 3.74. The van der Waals surface area contributed by atoms with Gasteiger partial charge >= 0.3 is 7.12 Å². The first-order chi connectivity index (χ1) is 11.0. The summed E-state index contributed by atoms with van der Waals surface area (Å²) in [6.07, 6.45) is 0.175. The standard InChI is InChI=1S/C16H22BF2NO3S/c1-14(2)15(3,4)23-17(22-14)11-8-12(24-9-11)13(21)20-7-5-6-16(18,19)10-20/h8-9H,5-7,10H2,1-4H3. The lowest BCUT2D eigenvalue weighted by molar-refractivity contribution is -0.0559. The second-order valence-corrected chi connectivity index (χ2v) is 8.43. The van der Waals surface area contributed by atoms with Gasteiger partial charge in [0.2, 0.25) is 0 Å². The van der Waals surface area contributed by atoms with Gasteiger partial charge in [0.1, 0.15) is 0 Å². The zero-order valence-electron chi connectivity index (χ0n) is 14.4. The summed E-state index contributed by atoms with van der Waals surface area (Å²) in [6.45, 7) is 7.71. The number of halogens is 2. The molecule has 0 atom stereocenters. The zero-order valence-corrected chi connectivity index (χ0v) is 15.2. The Morgan fingerprint density at radius 3 is 2.46 bits per heavy atom. The van der Waals surface area contributed by atoms with E-state index in [2.05, 4.69) is 0 Å². The van der Waals surface area contributed by atoms with Crippen LogP contribution in [-0.2, 0) is 9.31 Å². The van der Waals surface area contributed by atoms with Crippen molar-refractivity contribution in [3.05, 3.63) is 16.3 Å². The summed E-state index contributed by atoms with van der Waals surface area (Å²) < 4.78 is 39.0. The average Bonchev–Trinajstić information content (AvgIpc) is 3.00. The molecule has 2 aliphatic heterocycles. The number of carbonyl (C=O) groups is 1. The first kappa shape index (κ1) is 17.8. The Morgan fingerprint density at radius 2 is 1.88 bits per heavy atom. The van der Waals surface area contributed by atoms with E-state index < -0.39 is 30.8 Å². The van der Waals surface area contributed by atoms with Crippen molar-refractivity contribution in [3.63, 3.8) is 0 Å². The molecule has 0 spiro atoms. The molecule has 1 aromatic heterocycles. The highest BCUT2D eigenvalue weighted by Gasteiger charge is 2.52. The predicted octanol–water partition coefficient (Wildman–Crippen LogP) is 2.92. The third-order valence-corrected chi connectivity index (χ3v) is 5.97. The van der Waals surface area contributed by atoms with E-state index in [0.717, 1.165) is 5.46 Å². The molecule has 1 aromatic rings. The van der Waals surface area contributed by atoms with Gasteiger partial charge in [-0.3, -0.25) is 4.79 Å². The third-order valence-electron chi connectivity index (χ3n) is 5.04. The van der Waals surface area contributed by atoms with Gasteiger partial charge in [0, 0.05) is 13.0 Å². The van der Waals surface area contributed by atoms with Crippen LogP contribution in [0, 0.1) is 0 Å². The Labute approximate surface area is 145 Å². The van der Waals surface area contributed by atoms with E-state index in [1.165, 1.54) is 16.2 Å². The average molecular weight is 357 g/mol. The summed E-state index contributed by atoms with van der Waals surface area (Å²) in [4.78, 5) is 14.2. The minimum absolute atomic E-state index is 0.152. The molecule has 1 amide bonds. The molecule has 0 N–H and O–H groups in total. The summed E-state index contributed by atoms with van der Waals surface area (Å²) in [5, 5.41) is 1.80. The largest absolute Gasteiger partial charge is 0.495 e. The van der Waals surface area contributed by atoms with Crippen molar-refractivity contribution >= 4 is 29.8 Å². The van der Waals surface area contributed by atoms with Crippen LogP contribution in [0.4, 0.5) is 8.78 Å². The van der Waals surface area contributed by atoms with Crippen molar-refractivity contribution in [1.82, 2.24) is 4.90 Å². The number of hydrogen-bond acceptors (Lipinski definition) is 4. The molecule has 132 valence electrons. The lowest BCUT2D eigenvalue weighted by Gasteiger charge is -2.32. The van der Waals surface area contributed by atoms with Crippen molar-refractivity contribution in [2.75, 3.05) is 13.1 Å². The topological polar surface area (TPSA) is 38.8 Å². The number of rotatable bonds is 2. The second-order valence-electron chi connectivity index (χ2n) is 7.52. The number of carbonyl (C=O) groups excluding carboxylic acids is 1. The molecule has 3 rings (SSSR count). The number of hydrogen-bond donors (Lipinski definition) is 0. The summed E-state index contributed by atoms with van der Waals surface area (Å²) in [7, 11) is -0.546. The minimum atomic E-state index is -2.79. The molecule has 0 unspecified atom stereocenters. The number of alkyl halides is 2. The Bertz CT molecular complexity index is 631. The van der Waals surface area contributed by atoms with Gasteiger partial charge in [0.15, 0.2) is 0 Å². The summed E-state index contributed by atoms with van der Waals surface area (Å²) in [5.41, 5.74) is -0.164. The second kappa shape index (κ2) is 5.78. The van der Waals surface area contributed by atoms with E-state index in [1.54, 1.807) is 11.4 Å². The fraction of sp³-hybridized carbons (Fsp3) is 0.688. The number of thiophene rings is 1. The highest BCUT2D eigenvalue weighted by Crippen LogP contribution is 2.37. The van der Waals surface area contributed by atoms with Crippen LogP contribution in [0.1, 0.15) is 50.2 Å². The zero-order chi connectivity index (χ0) is 17.8. The van der Waals surface area contributed by atoms with E-state index in [4.69, 9.17) is 9.31 Å². The van der Waals surface area contributed by atoms with Crippen molar-refractivity contribution in [1.29, 1.82) is 0 Å². The van der Waals surface area contributed by atoms with Crippen LogP contribution in [0.15, 0.2) is 11.4 Å². The van der Waals surface area contributed by atoms with Crippen LogP contribution < -0.4 is 5.46 Å². The fourth-order valence-electron chi connectivity index (χ4n) is 2.86. The van der Waals surface area contributed by atoms with E-state index in [0.29, 0.717) is 17.8 Å². The number of piperidine rings is 1.